The van der Waals surface area contributed by atoms with E-state index in [0.29, 0.717) is 19.3 Å². The molecule has 1 atom stereocenters. The molecule has 0 fully saturated rings. The van der Waals surface area contributed by atoms with Crippen LogP contribution < -0.4 is 0 Å². The second kappa shape index (κ2) is 69.6. The second-order valence-corrected chi connectivity index (χ2v) is 25.2. The van der Waals surface area contributed by atoms with Gasteiger partial charge < -0.3 is 14.2 Å². The van der Waals surface area contributed by atoms with Gasteiger partial charge in [0.1, 0.15) is 13.2 Å². The molecule has 0 bridgehead atoms. The maximum Gasteiger partial charge on any atom is 0.306 e. The Bertz CT molecular complexity index is 1250. The van der Waals surface area contributed by atoms with Gasteiger partial charge in [-0.05, 0) is 44.9 Å². The van der Waals surface area contributed by atoms with Crippen molar-refractivity contribution in [3.63, 3.8) is 0 Å². The summed E-state index contributed by atoms with van der Waals surface area (Å²) in [6.45, 7) is 6.71. The first-order valence-electron chi connectivity index (χ1n) is 36.7. The molecule has 0 rings (SSSR count). The Balaban J connectivity index is 4.06. The summed E-state index contributed by atoms with van der Waals surface area (Å²) in [4.78, 5) is 38.4. The van der Waals surface area contributed by atoms with Crippen molar-refractivity contribution in [2.24, 2.45) is 0 Å². The summed E-state index contributed by atoms with van der Waals surface area (Å²) >= 11 is 0. The summed E-state index contributed by atoms with van der Waals surface area (Å²) in [5.41, 5.74) is 0. The van der Waals surface area contributed by atoms with Crippen LogP contribution in [0.3, 0.4) is 0 Å². The highest BCUT2D eigenvalue weighted by molar-refractivity contribution is 5.71. The van der Waals surface area contributed by atoms with Gasteiger partial charge in [-0.25, -0.2) is 0 Å². The molecule has 0 amide bonds. The number of ether oxygens (including phenoxy) is 3. The van der Waals surface area contributed by atoms with E-state index < -0.39 is 6.10 Å². The topological polar surface area (TPSA) is 78.9 Å². The third-order valence-electron chi connectivity index (χ3n) is 17.0. The van der Waals surface area contributed by atoms with E-state index in [2.05, 4.69) is 32.9 Å². The third-order valence-corrected chi connectivity index (χ3v) is 17.0. The number of esters is 3. The molecule has 0 saturated heterocycles. The molecule has 0 aliphatic heterocycles. The van der Waals surface area contributed by atoms with Crippen LogP contribution >= 0.6 is 0 Å². The molecule has 0 radical (unpaired) electrons. The number of carbonyl (C=O) groups is 3. The Morgan fingerprint density at radius 2 is 0.412 bits per heavy atom. The van der Waals surface area contributed by atoms with E-state index in [1.165, 1.54) is 321 Å². The van der Waals surface area contributed by atoms with E-state index in [4.69, 9.17) is 14.2 Å². The van der Waals surface area contributed by atoms with Crippen LogP contribution in [0.15, 0.2) is 12.2 Å². The largest absolute Gasteiger partial charge is 0.462 e. The number of hydrogen-bond acceptors (Lipinski definition) is 6. The molecule has 80 heavy (non-hydrogen) atoms. The number of hydrogen-bond donors (Lipinski definition) is 0. The highest BCUT2D eigenvalue weighted by atomic mass is 16.6. The van der Waals surface area contributed by atoms with Gasteiger partial charge in [0.2, 0.25) is 0 Å². The molecule has 0 heterocycles. The van der Waals surface area contributed by atoms with Crippen LogP contribution in [0.25, 0.3) is 0 Å². The number of allylic oxidation sites excluding steroid dienone is 2. The Morgan fingerprint density at radius 3 is 0.637 bits per heavy atom. The van der Waals surface area contributed by atoms with Crippen LogP contribution in [0.1, 0.15) is 425 Å². The number of rotatable bonds is 69. The van der Waals surface area contributed by atoms with Gasteiger partial charge in [-0.1, -0.05) is 373 Å². The molecule has 0 spiro atoms. The molecule has 0 aromatic rings. The van der Waals surface area contributed by atoms with Crippen molar-refractivity contribution in [2.45, 2.75) is 431 Å². The average molecular weight is 1130 g/mol. The van der Waals surface area contributed by atoms with Gasteiger partial charge in [0, 0.05) is 19.3 Å². The molecule has 0 aliphatic carbocycles. The zero-order valence-electron chi connectivity index (χ0n) is 54.6. The number of unbranched alkanes of at least 4 members (excludes halogenated alkanes) is 56. The fourth-order valence-corrected chi connectivity index (χ4v) is 11.5. The van der Waals surface area contributed by atoms with Crippen LogP contribution in [0, 0.1) is 0 Å². The minimum atomic E-state index is -0.769. The average Bonchev–Trinajstić information content (AvgIpc) is 3.46. The first kappa shape index (κ1) is 78.1. The summed E-state index contributed by atoms with van der Waals surface area (Å²) in [6.07, 6.45) is 84.1. The summed E-state index contributed by atoms with van der Waals surface area (Å²) < 4.78 is 17.0. The lowest BCUT2D eigenvalue weighted by atomic mass is 10.0. The van der Waals surface area contributed by atoms with E-state index in [9.17, 15) is 14.4 Å². The van der Waals surface area contributed by atoms with Gasteiger partial charge in [-0.3, -0.25) is 14.4 Å². The van der Waals surface area contributed by atoms with Crippen molar-refractivity contribution in [1.29, 1.82) is 0 Å². The Labute approximate surface area is 501 Å². The van der Waals surface area contributed by atoms with Crippen LogP contribution in [-0.4, -0.2) is 37.2 Å². The molecule has 0 saturated carbocycles. The fourth-order valence-electron chi connectivity index (χ4n) is 11.5. The summed E-state index contributed by atoms with van der Waals surface area (Å²) in [6, 6.07) is 0. The van der Waals surface area contributed by atoms with Crippen LogP contribution in [0.2, 0.25) is 0 Å². The molecule has 474 valence electrons. The summed E-state index contributed by atoms with van der Waals surface area (Å²) in [5.74, 6) is -0.841. The van der Waals surface area contributed by atoms with Crippen molar-refractivity contribution < 1.29 is 28.6 Å². The molecule has 0 aromatic heterocycles. The van der Waals surface area contributed by atoms with Gasteiger partial charge in [-0.15, -0.1) is 0 Å². The van der Waals surface area contributed by atoms with Crippen molar-refractivity contribution >= 4 is 17.9 Å². The Hall–Kier alpha value is -1.85. The Morgan fingerprint density at radius 1 is 0.237 bits per heavy atom. The molecule has 0 aromatic carbocycles. The van der Waals surface area contributed by atoms with Crippen molar-refractivity contribution in [3.8, 4) is 0 Å². The maximum absolute atomic E-state index is 12.9. The standard InChI is InChI=1S/C74H142O6/c1-4-7-10-13-16-19-22-25-27-29-30-31-32-33-34-35-36-37-38-39-40-41-42-43-44-45-47-49-52-55-58-61-64-67-73(76)79-70-71(69-78-72(75)66-63-60-57-54-51-48-24-21-18-15-12-9-6-3)80-74(77)68-65-62-59-56-53-50-46-28-26-23-20-17-14-11-8-5-2/h21,24,71H,4-20,22-23,25-70H2,1-3H3/b24-21-. The summed E-state index contributed by atoms with van der Waals surface area (Å²) in [5, 5.41) is 0. The summed E-state index contributed by atoms with van der Waals surface area (Å²) in [7, 11) is 0. The molecule has 0 aliphatic rings. The smallest absolute Gasteiger partial charge is 0.306 e. The minimum absolute atomic E-state index is 0.0658. The van der Waals surface area contributed by atoms with E-state index >= 15 is 0 Å². The molecule has 6 nitrogen and oxygen atoms in total. The molecule has 6 heteroatoms. The van der Waals surface area contributed by atoms with Crippen LogP contribution in [0.5, 0.6) is 0 Å². The minimum Gasteiger partial charge on any atom is -0.462 e. The second-order valence-electron chi connectivity index (χ2n) is 25.2. The third kappa shape index (κ3) is 66.9. The van der Waals surface area contributed by atoms with Gasteiger partial charge in [0.05, 0.1) is 0 Å². The van der Waals surface area contributed by atoms with Crippen molar-refractivity contribution in [1.82, 2.24) is 0 Å². The molecule has 1 unspecified atom stereocenters. The maximum atomic E-state index is 12.9. The van der Waals surface area contributed by atoms with Gasteiger partial charge in [-0.2, -0.15) is 0 Å². The first-order chi connectivity index (χ1) is 39.5. The predicted molar refractivity (Wildman–Crippen MR) is 349 cm³/mol. The first-order valence-corrected chi connectivity index (χ1v) is 36.7. The van der Waals surface area contributed by atoms with E-state index in [1.54, 1.807) is 0 Å². The lowest BCUT2D eigenvalue weighted by Crippen LogP contribution is -2.30. The molecular weight excluding hydrogens is 985 g/mol. The number of carbonyl (C=O) groups excluding carboxylic acids is 3. The molecular formula is C74H142O6. The van der Waals surface area contributed by atoms with Crippen LogP contribution in [-0.2, 0) is 28.6 Å². The Kier molecular flexibility index (Phi) is 68.0. The monoisotopic (exact) mass is 1130 g/mol. The zero-order chi connectivity index (χ0) is 57.8. The fraction of sp³-hybridized carbons (Fsp3) is 0.932. The predicted octanol–water partition coefficient (Wildman–Crippen LogP) is 25.2. The zero-order valence-corrected chi connectivity index (χ0v) is 54.6. The van der Waals surface area contributed by atoms with Crippen molar-refractivity contribution in [3.05, 3.63) is 12.2 Å². The normalized spacial score (nSPS) is 12.0. The SMILES string of the molecule is CCCCCC/C=C\CCCCCCCC(=O)OCC(COC(=O)CCCCCCCCCCCCCCCCCCCCCCCCCCCCCCCCCCC)OC(=O)CCCCCCCCCCCCCCCCCC. The highest BCUT2D eigenvalue weighted by Gasteiger charge is 2.20. The van der Waals surface area contributed by atoms with E-state index in [1.807, 2.05) is 0 Å². The van der Waals surface area contributed by atoms with Gasteiger partial charge in [0.15, 0.2) is 6.10 Å². The van der Waals surface area contributed by atoms with Crippen molar-refractivity contribution in [2.75, 3.05) is 13.2 Å². The lowest BCUT2D eigenvalue weighted by molar-refractivity contribution is -0.167. The van der Waals surface area contributed by atoms with Gasteiger partial charge in [0.25, 0.3) is 0 Å². The van der Waals surface area contributed by atoms with Crippen LogP contribution in [0.4, 0.5) is 0 Å². The van der Waals surface area contributed by atoms with E-state index in [-0.39, 0.29) is 31.1 Å². The highest BCUT2D eigenvalue weighted by Crippen LogP contribution is 2.19. The lowest BCUT2D eigenvalue weighted by Gasteiger charge is -2.18. The molecule has 0 N–H and O–H groups in total. The quantitative estimate of drug-likeness (QED) is 0.0261. The van der Waals surface area contributed by atoms with Gasteiger partial charge >= 0.3 is 17.9 Å². The van der Waals surface area contributed by atoms with E-state index in [0.717, 1.165) is 64.2 Å².